The van der Waals surface area contributed by atoms with Gasteiger partial charge in [0, 0.05) is 6.54 Å². The van der Waals surface area contributed by atoms with Crippen molar-refractivity contribution in [3.63, 3.8) is 0 Å². The van der Waals surface area contributed by atoms with E-state index in [-0.39, 0.29) is 24.2 Å². The zero-order chi connectivity index (χ0) is 17.9. The van der Waals surface area contributed by atoms with Crippen LogP contribution in [0, 0.1) is 5.82 Å². The van der Waals surface area contributed by atoms with E-state index in [2.05, 4.69) is 15.4 Å². The third kappa shape index (κ3) is 3.65. The average molecular weight is 371 g/mol. The van der Waals surface area contributed by atoms with Crippen molar-refractivity contribution in [1.29, 1.82) is 0 Å². The number of carbonyl (C=O) groups is 1. The van der Waals surface area contributed by atoms with Crippen molar-refractivity contribution in [3.05, 3.63) is 53.2 Å². The largest absolute Gasteiger partial charge is 0.337 e. The van der Waals surface area contributed by atoms with Crippen LogP contribution in [0.25, 0.3) is 10.7 Å². The van der Waals surface area contributed by atoms with Crippen LogP contribution in [0.1, 0.15) is 18.4 Å². The molecule has 0 radical (unpaired) electrons. The summed E-state index contributed by atoms with van der Waals surface area (Å²) >= 11 is 1.57. The minimum atomic E-state index is -0.318. The standard InChI is InChI=1S/C18H18FN5OS/c19-14-5-1-4-13(10-14)11-17(25)23-8-2-6-15(23)12-24-21-18(20-22-24)16-7-3-9-26-16/h1,3-5,7,9-10,15H,2,6,8,11-12H2/t15-/m0/s1. The Labute approximate surface area is 154 Å². The van der Waals surface area contributed by atoms with Gasteiger partial charge in [-0.05, 0) is 47.2 Å². The first-order valence-corrected chi connectivity index (χ1v) is 9.42. The Bertz CT molecular complexity index is 895. The van der Waals surface area contributed by atoms with E-state index in [0.717, 1.165) is 17.7 Å². The molecule has 1 aliphatic heterocycles. The van der Waals surface area contributed by atoms with Crippen molar-refractivity contribution in [1.82, 2.24) is 25.1 Å². The molecule has 1 aromatic carbocycles. The molecule has 1 atom stereocenters. The first-order valence-electron chi connectivity index (χ1n) is 8.54. The van der Waals surface area contributed by atoms with Gasteiger partial charge in [-0.25, -0.2) is 4.39 Å². The number of likely N-dealkylation sites (tertiary alicyclic amines) is 1. The van der Waals surface area contributed by atoms with Crippen molar-refractivity contribution in [2.24, 2.45) is 0 Å². The summed E-state index contributed by atoms with van der Waals surface area (Å²) < 4.78 is 13.3. The van der Waals surface area contributed by atoms with E-state index in [0.29, 0.717) is 24.5 Å². The number of carbonyl (C=O) groups excluding carboxylic acids is 1. The first kappa shape index (κ1) is 16.8. The Morgan fingerprint density at radius 3 is 3.04 bits per heavy atom. The Morgan fingerprint density at radius 1 is 1.31 bits per heavy atom. The third-order valence-electron chi connectivity index (χ3n) is 4.51. The maximum Gasteiger partial charge on any atom is 0.227 e. The first-order chi connectivity index (χ1) is 12.7. The molecule has 26 heavy (non-hydrogen) atoms. The lowest BCUT2D eigenvalue weighted by molar-refractivity contribution is -0.131. The lowest BCUT2D eigenvalue weighted by atomic mass is 10.1. The summed E-state index contributed by atoms with van der Waals surface area (Å²) in [7, 11) is 0. The Kier molecular flexibility index (Phi) is 4.75. The molecule has 0 N–H and O–H groups in total. The zero-order valence-electron chi connectivity index (χ0n) is 14.1. The quantitative estimate of drug-likeness (QED) is 0.692. The molecule has 1 amide bonds. The van der Waals surface area contributed by atoms with E-state index in [4.69, 9.17) is 0 Å². The van der Waals surface area contributed by atoms with Crippen LogP contribution in [-0.2, 0) is 17.8 Å². The highest BCUT2D eigenvalue weighted by Crippen LogP contribution is 2.22. The molecule has 2 aromatic heterocycles. The van der Waals surface area contributed by atoms with Gasteiger partial charge in [-0.2, -0.15) is 4.80 Å². The number of rotatable bonds is 5. The number of hydrogen-bond acceptors (Lipinski definition) is 5. The second-order valence-electron chi connectivity index (χ2n) is 6.34. The fraction of sp³-hybridized carbons (Fsp3) is 0.333. The van der Waals surface area contributed by atoms with Crippen LogP contribution in [0.4, 0.5) is 4.39 Å². The normalized spacial score (nSPS) is 17.0. The lowest BCUT2D eigenvalue weighted by Crippen LogP contribution is -2.39. The number of tetrazole rings is 1. The van der Waals surface area contributed by atoms with Gasteiger partial charge in [0.2, 0.25) is 11.7 Å². The minimum absolute atomic E-state index is 0.0108. The molecule has 0 aliphatic carbocycles. The van der Waals surface area contributed by atoms with Gasteiger partial charge in [0.1, 0.15) is 5.82 Å². The minimum Gasteiger partial charge on any atom is -0.337 e. The van der Waals surface area contributed by atoms with Crippen LogP contribution in [0.15, 0.2) is 41.8 Å². The fourth-order valence-corrected chi connectivity index (χ4v) is 3.94. The van der Waals surface area contributed by atoms with Crippen molar-refractivity contribution < 1.29 is 9.18 Å². The number of halogens is 1. The molecule has 0 spiro atoms. The molecule has 0 saturated carbocycles. The molecule has 0 unspecified atom stereocenters. The lowest BCUT2D eigenvalue weighted by Gasteiger charge is -2.24. The molecular weight excluding hydrogens is 353 g/mol. The van der Waals surface area contributed by atoms with Crippen LogP contribution >= 0.6 is 11.3 Å². The molecule has 0 bridgehead atoms. The predicted octanol–water partition coefficient (Wildman–Crippen LogP) is 2.77. The summed E-state index contributed by atoms with van der Waals surface area (Å²) in [4.78, 5) is 17.1. The van der Waals surface area contributed by atoms with Gasteiger partial charge in [0.25, 0.3) is 0 Å². The Balaban J connectivity index is 1.42. The van der Waals surface area contributed by atoms with Crippen LogP contribution in [0.3, 0.4) is 0 Å². The van der Waals surface area contributed by atoms with Crippen molar-refractivity contribution in [2.75, 3.05) is 6.54 Å². The summed E-state index contributed by atoms with van der Waals surface area (Å²) in [5.41, 5.74) is 0.694. The summed E-state index contributed by atoms with van der Waals surface area (Å²) in [6.07, 6.45) is 2.07. The van der Waals surface area contributed by atoms with E-state index in [1.165, 1.54) is 12.1 Å². The summed E-state index contributed by atoms with van der Waals surface area (Å²) in [5, 5.41) is 14.6. The highest BCUT2D eigenvalue weighted by molar-refractivity contribution is 7.13. The molecule has 3 aromatic rings. The summed E-state index contributed by atoms with van der Waals surface area (Å²) in [6, 6.07) is 10.1. The van der Waals surface area contributed by atoms with Crippen molar-refractivity contribution >= 4 is 17.2 Å². The van der Waals surface area contributed by atoms with Gasteiger partial charge >= 0.3 is 0 Å². The second kappa shape index (κ2) is 7.33. The molecule has 4 rings (SSSR count). The molecule has 6 nitrogen and oxygen atoms in total. The Hall–Kier alpha value is -2.61. The van der Waals surface area contributed by atoms with Gasteiger partial charge < -0.3 is 4.90 Å². The molecule has 1 aliphatic rings. The van der Waals surface area contributed by atoms with Crippen molar-refractivity contribution in [2.45, 2.75) is 31.8 Å². The SMILES string of the molecule is O=C(Cc1cccc(F)c1)N1CCC[C@H]1Cn1nnc(-c2cccs2)n1. The predicted molar refractivity (Wildman–Crippen MR) is 96.0 cm³/mol. The zero-order valence-corrected chi connectivity index (χ0v) is 14.9. The van der Waals surface area contributed by atoms with Crippen LogP contribution in [0.2, 0.25) is 0 Å². The number of benzene rings is 1. The van der Waals surface area contributed by atoms with Gasteiger partial charge in [-0.3, -0.25) is 4.79 Å². The number of nitrogens with zero attached hydrogens (tertiary/aromatic N) is 5. The smallest absolute Gasteiger partial charge is 0.227 e. The molecular formula is C18H18FN5OS. The van der Waals surface area contributed by atoms with E-state index in [9.17, 15) is 9.18 Å². The van der Waals surface area contributed by atoms with Crippen molar-refractivity contribution in [3.8, 4) is 10.7 Å². The second-order valence-corrected chi connectivity index (χ2v) is 7.28. The fourth-order valence-electron chi connectivity index (χ4n) is 3.29. The number of hydrogen-bond donors (Lipinski definition) is 0. The van der Waals surface area contributed by atoms with E-state index >= 15 is 0 Å². The molecule has 8 heteroatoms. The molecule has 1 fully saturated rings. The highest BCUT2D eigenvalue weighted by atomic mass is 32.1. The maximum atomic E-state index is 13.3. The van der Waals surface area contributed by atoms with Gasteiger partial charge in [0.15, 0.2) is 0 Å². The van der Waals surface area contributed by atoms with Gasteiger partial charge in [-0.1, -0.05) is 18.2 Å². The third-order valence-corrected chi connectivity index (χ3v) is 5.38. The monoisotopic (exact) mass is 371 g/mol. The molecule has 1 saturated heterocycles. The number of amides is 1. The van der Waals surface area contributed by atoms with E-state index in [1.54, 1.807) is 28.3 Å². The maximum absolute atomic E-state index is 13.3. The van der Waals surface area contributed by atoms with Crippen LogP contribution < -0.4 is 0 Å². The number of thiophene rings is 1. The molecule has 3 heterocycles. The molecule has 134 valence electrons. The van der Waals surface area contributed by atoms with Crippen LogP contribution in [0.5, 0.6) is 0 Å². The Morgan fingerprint density at radius 2 is 2.23 bits per heavy atom. The van der Waals surface area contributed by atoms with E-state index < -0.39 is 0 Å². The summed E-state index contributed by atoms with van der Waals surface area (Å²) in [5.74, 6) is 0.300. The number of aromatic nitrogens is 4. The summed E-state index contributed by atoms with van der Waals surface area (Å²) in [6.45, 7) is 1.23. The van der Waals surface area contributed by atoms with Gasteiger partial charge in [0.05, 0.1) is 23.9 Å². The van der Waals surface area contributed by atoms with Crippen LogP contribution in [-0.4, -0.2) is 43.6 Å². The topological polar surface area (TPSA) is 63.9 Å². The van der Waals surface area contributed by atoms with E-state index in [1.807, 2.05) is 22.4 Å². The average Bonchev–Trinajstić information content (AvgIpc) is 3.37. The van der Waals surface area contributed by atoms with Gasteiger partial charge in [-0.15, -0.1) is 21.5 Å². The highest BCUT2D eigenvalue weighted by Gasteiger charge is 2.29.